The molecule has 5 nitrogen and oxygen atoms in total. The molecule has 114 valence electrons. The highest BCUT2D eigenvalue weighted by molar-refractivity contribution is 6.15. The first-order valence-electron chi connectivity index (χ1n) is 7.02. The SMILES string of the molecule is CC(C)=C[C@@H]1[C@@H](C(=O)OCN2C(=O)C=C(C)C2=O)C1(C)C. The summed E-state index contributed by atoms with van der Waals surface area (Å²) < 4.78 is 5.17. The molecule has 2 atom stereocenters. The van der Waals surface area contributed by atoms with Crippen molar-refractivity contribution in [3.63, 3.8) is 0 Å². The molecule has 1 aliphatic heterocycles. The van der Waals surface area contributed by atoms with E-state index < -0.39 is 11.8 Å². The summed E-state index contributed by atoms with van der Waals surface area (Å²) in [5, 5.41) is 0. The van der Waals surface area contributed by atoms with Crippen LogP contribution in [0.15, 0.2) is 23.3 Å². The zero-order valence-corrected chi connectivity index (χ0v) is 13.1. The Morgan fingerprint density at radius 2 is 2.00 bits per heavy atom. The molecule has 1 saturated carbocycles. The molecular weight excluding hydrogens is 270 g/mol. The Balaban J connectivity index is 1.94. The van der Waals surface area contributed by atoms with Gasteiger partial charge in [0.05, 0.1) is 5.92 Å². The summed E-state index contributed by atoms with van der Waals surface area (Å²) in [4.78, 5) is 36.3. The predicted molar refractivity (Wildman–Crippen MR) is 76.8 cm³/mol. The third kappa shape index (κ3) is 2.77. The van der Waals surface area contributed by atoms with Crippen LogP contribution in [0.4, 0.5) is 0 Å². The zero-order chi connectivity index (χ0) is 15.9. The van der Waals surface area contributed by atoms with Gasteiger partial charge in [-0.1, -0.05) is 25.5 Å². The van der Waals surface area contributed by atoms with Gasteiger partial charge >= 0.3 is 5.97 Å². The molecular formula is C16H21NO4. The highest BCUT2D eigenvalue weighted by atomic mass is 16.5. The van der Waals surface area contributed by atoms with E-state index in [1.165, 1.54) is 6.08 Å². The van der Waals surface area contributed by atoms with E-state index in [1.54, 1.807) is 6.92 Å². The van der Waals surface area contributed by atoms with Crippen molar-refractivity contribution in [2.45, 2.75) is 34.6 Å². The lowest BCUT2D eigenvalue weighted by atomic mass is 10.1. The second kappa shape index (κ2) is 5.13. The summed E-state index contributed by atoms with van der Waals surface area (Å²) in [5.74, 6) is -1.24. The molecule has 2 aliphatic rings. The number of carbonyl (C=O) groups is 3. The molecule has 1 aliphatic carbocycles. The summed E-state index contributed by atoms with van der Waals surface area (Å²) >= 11 is 0. The molecule has 0 saturated heterocycles. The number of hydrogen-bond acceptors (Lipinski definition) is 4. The van der Waals surface area contributed by atoms with Crippen molar-refractivity contribution in [1.82, 2.24) is 4.90 Å². The van der Waals surface area contributed by atoms with Crippen LogP contribution in [0.5, 0.6) is 0 Å². The largest absolute Gasteiger partial charge is 0.443 e. The van der Waals surface area contributed by atoms with Crippen molar-refractivity contribution in [3.8, 4) is 0 Å². The summed E-state index contributed by atoms with van der Waals surface area (Å²) in [6, 6.07) is 0. The minimum absolute atomic E-state index is 0.137. The van der Waals surface area contributed by atoms with Gasteiger partial charge in [0, 0.05) is 11.6 Å². The molecule has 1 fully saturated rings. The molecule has 21 heavy (non-hydrogen) atoms. The van der Waals surface area contributed by atoms with Crippen LogP contribution in [0, 0.1) is 17.3 Å². The number of esters is 1. The maximum Gasteiger partial charge on any atom is 0.311 e. The number of allylic oxidation sites excluding steroid dienone is 2. The standard InChI is InChI=1S/C16H21NO4/c1-9(2)6-11-13(16(11,4)5)15(20)21-8-17-12(18)7-10(3)14(17)19/h6-7,11,13H,8H2,1-5H3/t11-,13+/m1/s1. The van der Waals surface area contributed by atoms with E-state index in [9.17, 15) is 14.4 Å². The monoisotopic (exact) mass is 291 g/mol. The van der Waals surface area contributed by atoms with E-state index in [4.69, 9.17) is 4.74 Å². The van der Waals surface area contributed by atoms with Gasteiger partial charge in [0.2, 0.25) is 0 Å². The van der Waals surface area contributed by atoms with Crippen molar-refractivity contribution in [2.75, 3.05) is 6.73 Å². The van der Waals surface area contributed by atoms with Crippen LogP contribution in [0.3, 0.4) is 0 Å². The zero-order valence-electron chi connectivity index (χ0n) is 13.1. The Labute approximate surface area is 124 Å². The van der Waals surface area contributed by atoms with Gasteiger partial charge in [0.1, 0.15) is 0 Å². The Bertz CT molecular complexity index is 567. The topological polar surface area (TPSA) is 63.7 Å². The Morgan fingerprint density at radius 3 is 2.48 bits per heavy atom. The first-order chi connectivity index (χ1) is 9.66. The van der Waals surface area contributed by atoms with E-state index in [-0.39, 0.29) is 30.0 Å². The summed E-state index contributed by atoms with van der Waals surface area (Å²) in [5.41, 5.74) is 1.39. The third-order valence-electron chi connectivity index (χ3n) is 4.20. The van der Waals surface area contributed by atoms with Crippen molar-refractivity contribution in [1.29, 1.82) is 0 Å². The van der Waals surface area contributed by atoms with Gasteiger partial charge in [-0.3, -0.25) is 14.4 Å². The number of hydrogen-bond donors (Lipinski definition) is 0. The second-order valence-electron chi connectivity index (χ2n) is 6.56. The highest BCUT2D eigenvalue weighted by Gasteiger charge is 2.61. The number of imide groups is 1. The van der Waals surface area contributed by atoms with Crippen LogP contribution in [-0.4, -0.2) is 29.4 Å². The quantitative estimate of drug-likeness (QED) is 0.452. The van der Waals surface area contributed by atoms with Crippen LogP contribution in [-0.2, 0) is 19.1 Å². The minimum atomic E-state index is -0.429. The fraction of sp³-hybridized carbons (Fsp3) is 0.562. The van der Waals surface area contributed by atoms with E-state index in [1.807, 2.05) is 27.7 Å². The fourth-order valence-corrected chi connectivity index (χ4v) is 2.78. The van der Waals surface area contributed by atoms with Gasteiger partial charge in [-0.25, -0.2) is 4.90 Å². The number of ether oxygens (including phenoxy) is 1. The lowest BCUT2D eigenvalue weighted by molar-refractivity contribution is -0.156. The molecule has 5 heteroatoms. The van der Waals surface area contributed by atoms with Crippen LogP contribution < -0.4 is 0 Å². The third-order valence-corrected chi connectivity index (χ3v) is 4.20. The van der Waals surface area contributed by atoms with Gasteiger partial charge < -0.3 is 4.74 Å². The first kappa shape index (κ1) is 15.5. The van der Waals surface area contributed by atoms with Crippen molar-refractivity contribution >= 4 is 17.8 Å². The summed E-state index contributed by atoms with van der Waals surface area (Å²) in [6.07, 6.45) is 3.33. The molecule has 0 unspecified atom stereocenters. The first-order valence-corrected chi connectivity index (χ1v) is 7.02. The lowest BCUT2D eigenvalue weighted by Gasteiger charge is -2.14. The molecule has 0 aromatic rings. The van der Waals surface area contributed by atoms with E-state index in [2.05, 4.69) is 6.08 Å². The number of rotatable bonds is 4. The average molecular weight is 291 g/mol. The second-order valence-corrected chi connectivity index (χ2v) is 6.56. The van der Waals surface area contributed by atoms with E-state index in [0.29, 0.717) is 5.57 Å². The molecule has 0 aromatic carbocycles. The van der Waals surface area contributed by atoms with Gasteiger partial charge in [0.15, 0.2) is 6.73 Å². The molecule has 0 spiro atoms. The van der Waals surface area contributed by atoms with E-state index in [0.717, 1.165) is 10.5 Å². The molecule has 0 N–H and O–H groups in total. The fourth-order valence-electron chi connectivity index (χ4n) is 2.78. The van der Waals surface area contributed by atoms with E-state index >= 15 is 0 Å². The van der Waals surface area contributed by atoms with Crippen molar-refractivity contribution in [3.05, 3.63) is 23.3 Å². The molecule has 1 heterocycles. The summed E-state index contributed by atoms with van der Waals surface area (Å²) in [6.45, 7) is 9.27. The Kier molecular flexibility index (Phi) is 3.78. The molecule has 2 rings (SSSR count). The molecule has 0 radical (unpaired) electrons. The van der Waals surface area contributed by atoms with Gasteiger partial charge in [-0.2, -0.15) is 0 Å². The maximum atomic E-state index is 12.1. The predicted octanol–water partition coefficient (Wildman–Crippen LogP) is 2.04. The average Bonchev–Trinajstić information content (AvgIpc) is 2.78. The lowest BCUT2D eigenvalue weighted by Crippen LogP contribution is -2.34. The van der Waals surface area contributed by atoms with Crippen LogP contribution in [0.2, 0.25) is 0 Å². The van der Waals surface area contributed by atoms with Gasteiger partial charge in [-0.05, 0) is 32.1 Å². The molecule has 2 amide bonds. The highest BCUT2D eigenvalue weighted by Crippen LogP contribution is 2.59. The number of carbonyl (C=O) groups excluding carboxylic acids is 3. The van der Waals surface area contributed by atoms with Crippen LogP contribution >= 0.6 is 0 Å². The minimum Gasteiger partial charge on any atom is -0.443 e. The van der Waals surface area contributed by atoms with Crippen LogP contribution in [0.25, 0.3) is 0 Å². The normalized spacial score (nSPS) is 26.5. The van der Waals surface area contributed by atoms with Gasteiger partial charge in [-0.15, -0.1) is 0 Å². The Morgan fingerprint density at radius 1 is 1.38 bits per heavy atom. The van der Waals surface area contributed by atoms with Crippen molar-refractivity contribution in [2.24, 2.45) is 17.3 Å². The van der Waals surface area contributed by atoms with Crippen LogP contribution in [0.1, 0.15) is 34.6 Å². The number of nitrogens with zero attached hydrogens (tertiary/aromatic N) is 1. The molecule has 0 bridgehead atoms. The summed E-state index contributed by atoms with van der Waals surface area (Å²) in [7, 11) is 0. The maximum absolute atomic E-state index is 12.1. The molecule has 0 aromatic heterocycles. The van der Waals surface area contributed by atoms with Gasteiger partial charge in [0.25, 0.3) is 11.8 Å². The Hall–Kier alpha value is -1.91. The smallest absolute Gasteiger partial charge is 0.311 e. The number of amides is 2. The van der Waals surface area contributed by atoms with Crippen molar-refractivity contribution < 1.29 is 19.1 Å².